The first-order valence-corrected chi connectivity index (χ1v) is 12.0. The highest BCUT2D eigenvalue weighted by atomic mass is 35.5. The van der Waals surface area contributed by atoms with Gasteiger partial charge in [0.1, 0.15) is 40.9 Å². The topological polar surface area (TPSA) is 135 Å². The predicted octanol–water partition coefficient (Wildman–Crippen LogP) is 4.39. The molecule has 0 aliphatic carbocycles. The highest BCUT2D eigenvalue weighted by molar-refractivity contribution is 6.35. The van der Waals surface area contributed by atoms with Crippen LogP contribution in [0.1, 0.15) is 35.6 Å². The number of benzene rings is 2. The molecule has 0 radical (unpaired) electrons. The van der Waals surface area contributed by atoms with Crippen molar-refractivity contribution in [2.24, 2.45) is 0 Å². The highest BCUT2D eigenvalue weighted by Crippen LogP contribution is 2.26. The molecular weight excluding hydrogens is 519 g/mol. The predicted molar refractivity (Wildman–Crippen MR) is 146 cm³/mol. The molecule has 3 heterocycles. The largest absolute Gasteiger partial charge is 0.382 e. The van der Waals surface area contributed by atoms with Crippen LogP contribution in [0.3, 0.4) is 0 Å². The normalized spacial score (nSPS) is 11.3. The van der Waals surface area contributed by atoms with E-state index < -0.39 is 17.4 Å². The Labute approximate surface area is 226 Å². The second kappa shape index (κ2) is 10.6. The molecule has 2 aromatic carbocycles. The Morgan fingerprint density at radius 1 is 1.10 bits per heavy atom. The van der Waals surface area contributed by atoms with Crippen molar-refractivity contribution in [1.82, 2.24) is 24.5 Å². The Morgan fingerprint density at radius 2 is 1.92 bits per heavy atom. The zero-order chi connectivity index (χ0) is 27.5. The highest BCUT2D eigenvalue weighted by Gasteiger charge is 2.21. The maximum absolute atomic E-state index is 13.8. The second-order valence-corrected chi connectivity index (χ2v) is 8.77. The molecule has 0 saturated heterocycles. The molecule has 0 bridgehead atoms. The standard InChI is InChI=1S/C28H18ClFN8O/c1-16(36-26-21(25(32)34-15-35-26)11-10-19-9-8-18(30)14-33-19)27-37-23-7-3-6-22(29)24(23)28(39)38(27)20-5-2-4-17(12-20)13-31/h2-9,12,14-16H,1H3,(H3,32,34,35,36). The van der Waals surface area contributed by atoms with E-state index in [9.17, 15) is 14.4 Å². The number of nitrogens with two attached hydrogens (primary N) is 1. The SMILES string of the molecule is CC(Nc1ncnc(N)c1C#Cc1ccc(F)cn1)c1nc2cccc(Cl)c2c(=O)n1-c1cccc(C#N)c1. The van der Waals surface area contributed by atoms with E-state index in [0.29, 0.717) is 39.7 Å². The van der Waals surface area contributed by atoms with Crippen molar-refractivity contribution in [1.29, 1.82) is 5.26 Å². The summed E-state index contributed by atoms with van der Waals surface area (Å²) in [5.41, 5.74) is 7.56. The maximum atomic E-state index is 13.8. The number of anilines is 2. The van der Waals surface area contributed by atoms with Crippen LogP contribution in [0.15, 0.2) is 71.9 Å². The van der Waals surface area contributed by atoms with Crippen LogP contribution in [0, 0.1) is 29.0 Å². The van der Waals surface area contributed by atoms with Crippen LogP contribution in [0.4, 0.5) is 16.0 Å². The summed E-state index contributed by atoms with van der Waals surface area (Å²) < 4.78 is 14.6. The summed E-state index contributed by atoms with van der Waals surface area (Å²) in [4.78, 5) is 30.8. The van der Waals surface area contributed by atoms with Crippen LogP contribution in [0.5, 0.6) is 0 Å². The smallest absolute Gasteiger partial charge is 0.267 e. The lowest BCUT2D eigenvalue weighted by Crippen LogP contribution is -2.28. The Morgan fingerprint density at radius 3 is 2.69 bits per heavy atom. The molecule has 0 aliphatic rings. The molecule has 0 amide bonds. The molecule has 3 aromatic heterocycles. The molecule has 11 heteroatoms. The van der Waals surface area contributed by atoms with Crippen LogP contribution in [-0.4, -0.2) is 24.5 Å². The minimum Gasteiger partial charge on any atom is -0.382 e. The van der Waals surface area contributed by atoms with Crippen LogP contribution in [0.2, 0.25) is 5.02 Å². The quantitative estimate of drug-likeness (QED) is 0.323. The number of nitrogen functional groups attached to an aromatic ring is 1. The van der Waals surface area contributed by atoms with Crippen LogP contribution < -0.4 is 16.6 Å². The van der Waals surface area contributed by atoms with E-state index in [0.717, 1.165) is 6.20 Å². The first-order chi connectivity index (χ1) is 18.9. The Bertz CT molecular complexity index is 1890. The number of nitrogens with zero attached hydrogens (tertiary/aromatic N) is 6. The van der Waals surface area contributed by atoms with Crippen molar-refractivity contribution in [3.63, 3.8) is 0 Å². The van der Waals surface area contributed by atoms with Gasteiger partial charge in [-0.15, -0.1) is 0 Å². The van der Waals surface area contributed by atoms with Gasteiger partial charge in [-0.25, -0.2) is 24.3 Å². The van der Waals surface area contributed by atoms with Gasteiger partial charge in [0.2, 0.25) is 0 Å². The average Bonchev–Trinajstić information content (AvgIpc) is 2.93. The van der Waals surface area contributed by atoms with Gasteiger partial charge in [0, 0.05) is 0 Å². The van der Waals surface area contributed by atoms with Gasteiger partial charge in [-0.05, 0) is 55.3 Å². The van der Waals surface area contributed by atoms with Crippen molar-refractivity contribution in [2.45, 2.75) is 13.0 Å². The van der Waals surface area contributed by atoms with Gasteiger partial charge in [-0.3, -0.25) is 9.36 Å². The summed E-state index contributed by atoms with van der Waals surface area (Å²) in [5.74, 6) is 5.99. The van der Waals surface area contributed by atoms with Gasteiger partial charge in [-0.2, -0.15) is 5.26 Å². The molecule has 0 spiro atoms. The van der Waals surface area contributed by atoms with E-state index in [2.05, 4.69) is 38.2 Å². The third-order valence-electron chi connectivity index (χ3n) is 5.77. The zero-order valence-electron chi connectivity index (χ0n) is 20.4. The van der Waals surface area contributed by atoms with Gasteiger partial charge < -0.3 is 11.1 Å². The molecule has 39 heavy (non-hydrogen) atoms. The molecular formula is C28H18ClFN8O. The lowest BCUT2D eigenvalue weighted by molar-refractivity contribution is 0.621. The van der Waals surface area contributed by atoms with Gasteiger partial charge in [0.05, 0.1) is 45.5 Å². The molecule has 190 valence electrons. The summed E-state index contributed by atoms with van der Waals surface area (Å²) >= 11 is 6.38. The second-order valence-electron chi connectivity index (χ2n) is 8.37. The number of hydrogen-bond donors (Lipinski definition) is 2. The van der Waals surface area contributed by atoms with Gasteiger partial charge in [0.15, 0.2) is 0 Å². The first-order valence-electron chi connectivity index (χ1n) is 11.6. The van der Waals surface area contributed by atoms with E-state index >= 15 is 0 Å². The lowest BCUT2D eigenvalue weighted by Gasteiger charge is -2.21. The summed E-state index contributed by atoms with van der Waals surface area (Å²) in [5, 5.41) is 13.2. The van der Waals surface area contributed by atoms with Gasteiger partial charge in [0.25, 0.3) is 5.56 Å². The van der Waals surface area contributed by atoms with Gasteiger partial charge in [-0.1, -0.05) is 29.7 Å². The molecule has 5 rings (SSSR count). The van der Waals surface area contributed by atoms with Crippen molar-refractivity contribution in [3.05, 3.63) is 111 Å². The fourth-order valence-corrected chi connectivity index (χ4v) is 4.19. The first kappa shape index (κ1) is 25.3. The number of nitrogens with one attached hydrogen (secondary N) is 1. The fraction of sp³-hybridized carbons (Fsp3) is 0.0714. The van der Waals surface area contributed by atoms with Crippen molar-refractivity contribution < 1.29 is 4.39 Å². The van der Waals surface area contributed by atoms with Crippen molar-refractivity contribution >= 4 is 34.1 Å². The van der Waals surface area contributed by atoms with Crippen molar-refractivity contribution in [2.75, 3.05) is 11.1 Å². The molecule has 1 atom stereocenters. The fourth-order valence-electron chi connectivity index (χ4n) is 3.94. The summed E-state index contributed by atoms with van der Waals surface area (Å²) in [6.07, 6.45) is 2.34. The molecule has 0 saturated carbocycles. The molecule has 0 aliphatic heterocycles. The van der Waals surface area contributed by atoms with Gasteiger partial charge >= 0.3 is 0 Å². The Hall–Kier alpha value is -5.32. The van der Waals surface area contributed by atoms with E-state index in [1.165, 1.54) is 23.0 Å². The third-order valence-corrected chi connectivity index (χ3v) is 6.08. The monoisotopic (exact) mass is 536 g/mol. The molecule has 3 N–H and O–H groups in total. The minimum atomic E-state index is -0.606. The molecule has 0 fully saturated rings. The number of nitriles is 1. The molecule has 5 aromatic rings. The number of pyridine rings is 1. The van der Waals surface area contributed by atoms with E-state index in [-0.39, 0.29) is 16.2 Å². The summed E-state index contributed by atoms with van der Waals surface area (Å²) in [6.45, 7) is 1.79. The van der Waals surface area contributed by atoms with E-state index in [1.54, 1.807) is 49.4 Å². The minimum absolute atomic E-state index is 0.117. The number of hydrogen-bond acceptors (Lipinski definition) is 8. The zero-order valence-corrected chi connectivity index (χ0v) is 21.1. The lowest BCUT2D eigenvalue weighted by atomic mass is 10.1. The van der Waals surface area contributed by atoms with Crippen LogP contribution >= 0.6 is 11.6 Å². The number of fused-ring (bicyclic) bond motifs is 1. The Kier molecular flexibility index (Phi) is 6.87. The average molecular weight is 537 g/mol. The van der Waals surface area contributed by atoms with E-state index in [4.69, 9.17) is 22.3 Å². The molecule has 1 unspecified atom stereocenters. The number of rotatable bonds is 4. The third kappa shape index (κ3) is 5.10. The maximum Gasteiger partial charge on any atom is 0.267 e. The summed E-state index contributed by atoms with van der Waals surface area (Å²) in [6, 6.07) is 15.8. The van der Waals surface area contributed by atoms with Crippen molar-refractivity contribution in [3.8, 4) is 23.6 Å². The summed E-state index contributed by atoms with van der Waals surface area (Å²) in [7, 11) is 0. The van der Waals surface area contributed by atoms with Crippen LogP contribution in [-0.2, 0) is 0 Å². The Balaban J connectivity index is 1.63. The molecule has 9 nitrogen and oxygen atoms in total. The number of halogens is 2. The van der Waals surface area contributed by atoms with E-state index in [1.807, 2.05) is 0 Å². The van der Waals surface area contributed by atoms with Crippen LogP contribution in [0.25, 0.3) is 16.6 Å². The number of aromatic nitrogens is 5.